The zero-order valence-corrected chi connectivity index (χ0v) is 3.85. The van der Waals surface area contributed by atoms with Crippen LogP contribution in [0.15, 0.2) is 0 Å². The van der Waals surface area contributed by atoms with E-state index in [1.54, 1.807) is 7.11 Å². The molecule has 2 heteroatoms. The average molecular weight is 87.1 g/mol. The summed E-state index contributed by atoms with van der Waals surface area (Å²) in [4.78, 5) is 0. The predicted octanol–water partition coefficient (Wildman–Crippen LogP) is -0.268. The van der Waals surface area contributed by atoms with Crippen LogP contribution >= 0.6 is 0 Å². The Hall–Kier alpha value is -0.0800. The van der Waals surface area contributed by atoms with Crippen molar-refractivity contribution in [3.05, 3.63) is 0 Å². The highest BCUT2D eigenvalue weighted by atomic mass is 16.5. The molecule has 0 bridgehead atoms. The highest BCUT2D eigenvalue weighted by Crippen LogP contribution is 2.20. The summed E-state index contributed by atoms with van der Waals surface area (Å²) in [6, 6.07) is 0.343. The minimum atomic E-state index is 0.343. The van der Waals surface area contributed by atoms with Gasteiger partial charge in [0, 0.05) is 13.2 Å². The van der Waals surface area contributed by atoms with Gasteiger partial charge in [-0.3, -0.25) is 0 Å². The zero-order valence-electron chi connectivity index (χ0n) is 3.85. The van der Waals surface area contributed by atoms with E-state index in [1.165, 1.54) is 0 Å². The Morgan fingerprint density at radius 3 is 2.33 bits per heavy atom. The normalized spacial score (nSPS) is 43.0. The van der Waals surface area contributed by atoms with Crippen molar-refractivity contribution in [3.63, 3.8) is 0 Å². The van der Waals surface area contributed by atoms with Crippen LogP contribution in [0.3, 0.4) is 0 Å². The summed E-state index contributed by atoms with van der Waals surface area (Å²) in [7, 11) is 1.69. The molecule has 0 aromatic rings. The van der Waals surface area contributed by atoms with Gasteiger partial charge in [-0.2, -0.15) is 0 Å². The molecule has 0 aliphatic heterocycles. The molecular formula is C4H9NO. The van der Waals surface area contributed by atoms with Crippen LogP contribution in [0.25, 0.3) is 0 Å². The van der Waals surface area contributed by atoms with Crippen LogP contribution in [0.4, 0.5) is 0 Å². The zero-order chi connectivity index (χ0) is 4.57. The van der Waals surface area contributed by atoms with Crippen LogP contribution in [0, 0.1) is 0 Å². The molecule has 1 aliphatic carbocycles. The lowest BCUT2D eigenvalue weighted by Gasteiger charge is -1.85. The van der Waals surface area contributed by atoms with Gasteiger partial charge in [-0.1, -0.05) is 0 Å². The first-order valence-corrected chi connectivity index (χ1v) is 2.13. The van der Waals surface area contributed by atoms with Gasteiger partial charge in [0.2, 0.25) is 0 Å². The smallest absolute Gasteiger partial charge is 0.0738 e. The number of hydrogen-bond acceptors (Lipinski definition) is 2. The summed E-state index contributed by atoms with van der Waals surface area (Å²) < 4.78 is 4.85. The van der Waals surface area contributed by atoms with Crippen molar-refractivity contribution in [2.24, 2.45) is 5.73 Å². The quantitative estimate of drug-likeness (QED) is 0.478. The molecule has 6 heavy (non-hydrogen) atoms. The molecule has 1 aliphatic rings. The number of nitrogens with two attached hydrogens (primary N) is 1. The highest BCUT2D eigenvalue weighted by Gasteiger charge is 2.32. The van der Waals surface area contributed by atoms with Gasteiger partial charge in [0.05, 0.1) is 6.10 Å². The fourth-order valence-corrected chi connectivity index (χ4v) is 0.461. The number of hydrogen-bond donors (Lipinski definition) is 1. The summed E-state index contributed by atoms with van der Waals surface area (Å²) in [5.41, 5.74) is 5.35. The summed E-state index contributed by atoms with van der Waals surface area (Å²) in [6.45, 7) is 0. The van der Waals surface area contributed by atoms with Crippen LogP contribution in [0.1, 0.15) is 6.42 Å². The highest BCUT2D eigenvalue weighted by molar-refractivity contribution is 4.90. The van der Waals surface area contributed by atoms with E-state index in [9.17, 15) is 0 Å². The molecule has 1 fully saturated rings. The van der Waals surface area contributed by atoms with Crippen molar-refractivity contribution < 1.29 is 4.74 Å². The Bertz CT molecular complexity index is 53.5. The number of rotatable bonds is 1. The predicted molar refractivity (Wildman–Crippen MR) is 23.4 cm³/mol. The summed E-state index contributed by atoms with van der Waals surface area (Å²) in [6.07, 6.45) is 1.43. The van der Waals surface area contributed by atoms with Gasteiger partial charge in [-0.15, -0.1) is 0 Å². The molecule has 1 unspecified atom stereocenters. The van der Waals surface area contributed by atoms with E-state index < -0.39 is 0 Å². The molecule has 0 aromatic carbocycles. The molecule has 0 heterocycles. The van der Waals surface area contributed by atoms with Crippen molar-refractivity contribution in [1.29, 1.82) is 0 Å². The van der Waals surface area contributed by atoms with E-state index in [0.29, 0.717) is 12.1 Å². The van der Waals surface area contributed by atoms with Crippen molar-refractivity contribution in [2.75, 3.05) is 7.11 Å². The molecule has 0 saturated heterocycles. The molecule has 2 atom stereocenters. The Morgan fingerprint density at radius 2 is 2.33 bits per heavy atom. The third kappa shape index (κ3) is 0.533. The van der Waals surface area contributed by atoms with Crippen LogP contribution in [0.2, 0.25) is 0 Å². The molecule has 2 N–H and O–H groups in total. The van der Waals surface area contributed by atoms with E-state index in [0.717, 1.165) is 6.42 Å². The molecule has 0 radical (unpaired) electrons. The minimum Gasteiger partial charge on any atom is -0.380 e. The van der Waals surface area contributed by atoms with Gasteiger partial charge < -0.3 is 10.5 Å². The van der Waals surface area contributed by atoms with Crippen molar-refractivity contribution in [2.45, 2.75) is 18.6 Å². The SMILES string of the molecule is CO[C@@H]1CC1N. The molecule has 36 valence electrons. The van der Waals surface area contributed by atoms with Crippen molar-refractivity contribution in [3.8, 4) is 0 Å². The Kier molecular flexibility index (Phi) is 0.821. The van der Waals surface area contributed by atoms with Gasteiger partial charge >= 0.3 is 0 Å². The standard InChI is InChI=1S/C4H9NO/c1-6-4-2-3(4)5/h3-4H,2,5H2,1H3/t3?,4-/m1/s1. The first-order valence-electron chi connectivity index (χ1n) is 2.13. The molecule has 1 rings (SSSR count). The van der Waals surface area contributed by atoms with Gasteiger partial charge in [0.15, 0.2) is 0 Å². The lowest BCUT2D eigenvalue weighted by atomic mass is 10.7. The van der Waals surface area contributed by atoms with E-state index >= 15 is 0 Å². The first-order chi connectivity index (χ1) is 2.84. The summed E-state index contributed by atoms with van der Waals surface area (Å²) in [5.74, 6) is 0. The fraction of sp³-hybridized carbons (Fsp3) is 1.00. The van der Waals surface area contributed by atoms with E-state index in [4.69, 9.17) is 10.5 Å². The van der Waals surface area contributed by atoms with Gasteiger partial charge in [-0.05, 0) is 6.42 Å². The average Bonchev–Trinajstić information content (AvgIpc) is 2.19. The maximum Gasteiger partial charge on any atom is 0.0738 e. The topological polar surface area (TPSA) is 35.2 Å². The third-order valence-corrected chi connectivity index (χ3v) is 1.08. The lowest BCUT2D eigenvalue weighted by molar-refractivity contribution is 0.178. The minimum absolute atomic E-state index is 0.343. The van der Waals surface area contributed by atoms with Crippen LogP contribution in [-0.2, 0) is 4.74 Å². The first kappa shape index (κ1) is 4.09. The van der Waals surface area contributed by atoms with Crippen molar-refractivity contribution >= 4 is 0 Å². The van der Waals surface area contributed by atoms with Gasteiger partial charge in [0.25, 0.3) is 0 Å². The monoisotopic (exact) mass is 87.1 g/mol. The Morgan fingerprint density at radius 1 is 1.83 bits per heavy atom. The molecule has 2 nitrogen and oxygen atoms in total. The Balaban J connectivity index is 2.09. The summed E-state index contributed by atoms with van der Waals surface area (Å²) in [5, 5.41) is 0. The maximum absolute atomic E-state index is 5.35. The number of methoxy groups -OCH3 is 1. The molecule has 0 amide bonds. The lowest BCUT2D eigenvalue weighted by Crippen LogP contribution is -2.05. The molecule has 0 spiro atoms. The molecular weight excluding hydrogens is 78.0 g/mol. The second-order valence-electron chi connectivity index (χ2n) is 1.67. The van der Waals surface area contributed by atoms with Crippen LogP contribution in [0.5, 0.6) is 0 Å². The fourth-order valence-electron chi connectivity index (χ4n) is 0.461. The molecule has 0 aromatic heterocycles. The summed E-state index contributed by atoms with van der Waals surface area (Å²) >= 11 is 0. The Labute approximate surface area is 37.3 Å². The molecule has 1 saturated carbocycles. The van der Waals surface area contributed by atoms with Gasteiger partial charge in [-0.25, -0.2) is 0 Å². The van der Waals surface area contributed by atoms with E-state index in [1.807, 2.05) is 0 Å². The second kappa shape index (κ2) is 1.21. The van der Waals surface area contributed by atoms with Crippen LogP contribution in [-0.4, -0.2) is 19.3 Å². The number of ether oxygens (including phenoxy) is 1. The van der Waals surface area contributed by atoms with E-state index in [2.05, 4.69) is 0 Å². The largest absolute Gasteiger partial charge is 0.380 e. The van der Waals surface area contributed by atoms with E-state index in [-0.39, 0.29) is 0 Å². The van der Waals surface area contributed by atoms with Crippen LogP contribution < -0.4 is 5.73 Å². The third-order valence-electron chi connectivity index (χ3n) is 1.08. The van der Waals surface area contributed by atoms with Crippen molar-refractivity contribution in [1.82, 2.24) is 0 Å². The second-order valence-corrected chi connectivity index (χ2v) is 1.67. The van der Waals surface area contributed by atoms with Gasteiger partial charge in [0.1, 0.15) is 0 Å². The maximum atomic E-state index is 5.35.